The molecule has 0 unspecified atom stereocenters. The predicted molar refractivity (Wildman–Crippen MR) is 69.5 cm³/mol. The minimum atomic E-state index is -0.120. The van der Waals surface area contributed by atoms with Gasteiger partial charge in [0.15, 0.2) is 5.69 Å². The molecule has 0 spiro atoms. The molecule has 2 aromatic rings. The van der Waals surface area contributed by atoms with Gasteiger partial charge in [0.05, 0.1) is 5.52 Å². The Bertz CT molecular complexity index is 559. The molecule has 5 heteroatoms. The molecule has 1 saturated carbocycles. The number of nitrogens with one attached hydrogen (secondary N) is 3. The molecule has 0 radical (unpaired) electrons. The Labute approximate surface area is 105 Å². The first-order valence-corrected chi connectivity index (χ1v) is 6.29. The average molecular weight is 244 g/mol. The van der Waals surface area contributed by atoms with Gasteiger partial charge in [0.25, 0.3) is 5.91 Å². The van der Waals surface area contributed by atoms with E-state index in [0.717, 1.165) is 17.4 Å². The first kappa shape index (κ1) is 11.2. The average Bonchev–Trinajstić information content (AvgIpc) is 3.11. The van der Waals surface area contributed by atoms with Crippen molar-refractivity contribution in [1.29, 1.82) is 0 Å². The van der Waals surface area contributed by atoms with Gasteiger partial charge in [0, 0.05) is 24.5 Å². The molecule has 0 bridgehead atoms. The summed E-state index contributed by atoms with van der Waals surface area (Å²) >= 11 is 0. The third kappa shape index (κ3) is 2.36. The Morgan fingerprint density at radius 2 is 2.17 bits per heavy atom. The number of H-pyrrole nitrogens is 1. The maximum Gasteiger partial charge on any atom is 0.272 e. The summed E-state index contributed by atoms with van der Waals surface area (Å²) in [5, 5.41) is 14.0. The van der Waals surface area contributed by atoms with E-state index >= 15 is 0 Å². The van der Waals surface area contributed by atoms with E-state index in [1.807, 2.05) is 24.3 Å². The molecule has 1 fully saturated rings. The Morgan fingerprint density at radius 3 is 3.00 bits per heavy atom. The molecule has 1 aromatic heterocycles. The van der Waals surface area contributed by atoms with E-state index in [2.05, 4.69) is 20.8 Å². The summed E-state index contributed by atoms with van der Waals surface area (Å²) in [4.78, 5) is 12.0. The van der Waals surface area contributed by atoms with Crippen LogP contribution < -0.4 is 10.6 Å². The van der Waals surface area contributed by atoms with Gasteiger partial charge in [-0.15, -0.1) is 0 Å². The molecule has 1 aliphatic rings. The molecule has 94 valence electrons. The molecule has 5 nitrogen and oxygen atoms in total. The Morgan fingerprint density at radius 1 is 1.33 bits per heavy atom. The number of carbonyl (C=O) groups excluding carboxylic acids is 1. The van der Waals surface area contributed by atoms with Crippen LogP contribution in [-0.2, 0) is 0 Å². The SMILES string of the molecule is O=C(NCCNC1CC1)c1n[nH]c2ccccc12. The number of fused-ring (bicyclic) bond motifs is 1. The van der Waals surface area contributed by atoms with Gasteiger partial charge in [0.1, 0.15) is 0 Å². The second-order valence-corrected chi connectivity index (χ2v) is 4.60. The molecule has 0 aliphatic heterocycles. The fraction of sp³-hybridized carbons (Fsp3) is 0.385. The number of amides is 1. The molecule has 0 atom stereocenters. The standard InChI is InChI=1S/C13H16N4O/c18-13(15-8-7-14-9-5-6-9)12-10-3-1-2-4-11(10)16-17-12/h1-4,9,14H,5-8H2,(H,15,18)(H,16,17). The molecule has 3 rings (SSSR count). The maximum atomic E-state index is 12.0. The van der Waals surface area contributed by atoms with E-state index in [1.165, 1.54) is 12.8 Å². The summed E-state index contributed by atoms with van der Waals surface area (Å²) in [6.45, 7) is 1.45. The lowest BCUT2D eigenvalue weighted by Gasteiger charge is -2.04. The molecule has 1 amide bonds. The highest BCUT2D eigenvalue weighted by molar-refractivity contribution is 6.04. The second kappa shape index (κ2) is 4.78. The predicted octanol–water partition coefficient (Wildman–Crippen LogP) is 1.04. The zero-order valence-electron chi connectivity index (χ0n) is 10.1. The molecule has 18 heavy (non-hydrogen) atoms. The van der Waals surface area contributed by atoms with Gasteiger partial charge in [0.2, 0.25) is 0 Å². The lowest BCUT2D eigenvalue weighted by atomic mass is 10.2. The van der Waals surface area contributed by atoms with E-state index in [-0.39, 0.29) is 5.91 Å². The van der Waals surface area contributed by atoms with Crippen molar-refractivity contribution < 1.29 is 4.79 Å². The highest BCUT2D eigenvalue weighted by Gasteiger charge is 2.20. The van der Waals surface area contributed by atoms with Crippen LogP contribution in [0.1, 0.15) is 23.3 Å². The quantitative estimate of drug-likeness (QED) is 0.688. The van der Waals surface area contributed by atoms with E-state index in [9.17, 15) is 4.79 Å². The molecule has 1 aliphatic carbocycles. The summed E-state index contributed by atoms with van der Waals surface area (Å²) in [6.07, 6.45) is 2.52. The van der Waals surface area contributed by atoms with Gasteiger partial charge in [-0.3, -0.25) is 9.89 Å². The van der Waals surface area contributed by atoms with Crippen LogP contribution in [0.3, 0.4) is 0 Å². The third-order valence-corrected chi connectivity index (χ3v) is 3.11. The van der Waals surface area contributed by atoms with Crippen LogP contribution in [-0.4, -0.2) is 35.2 Å². The normalized spacial score (nSPS) is 14.9. The number of nitrogens with zero attached hydrogens (tertiary/aromatic N) is 1. The molecule has 1 aromatic carbocycles. The Hall–Kier alpha value is -1.88. The summed E-state index contributed by atoms with van der Waals surface area (Å²) < 4.78 is 0. The number of hydrogen-bond acceptors (Lipinski definition) is 3. The summed E-state index contributed by atoms with van der Waals surface area (Å²) in [5.74, 6) is -0.120. The number of hydrogen-bond donors (Lipinski definition) is 3. The van der Waals surface area contributed by atoms with Gasteiger partial charge in [-0.25, -0.2) is 0 Å². The number of rotatable bonds is 5. The van der Waals surface area contributed by atoms with Crippen LogP contribution in [0, 0.1) is 0 Å². The van der Waals surface area contributed by atoms with Crippen molar-refractivity contribution in [3.8, 4) is 0 Å². The van der Waals surface area contributed by atoms with Gasteiger partial charge >= 0.3 is 0 Å². The first-order chi connectivity index (χ1) is 8.84. The molecular formula is C13H16N4O. The minimum Gasteiger partial charge on any atom is -0.349 e. The van der Waals surface area contributed by atoms with Crippen LogP contribution in [0.25, 0.3) is 10.9 Å². The fourth-order valence-corrected chi connectivity index (χ4v) is 1.96. The number of para-hydroxylation sites is 1. The largest absolute Gasteiger partial charge is 0.349 e. The lowest BCUT2D eigenvalue weighted by molar-refractivity contribution is 0.0950. The Balaban J connectivity index is 1.60. The van der Waals surface area contributed by atoms with Crippen molar-refractivity contribution in [1.82, 2.24) is 20.8 Å². The maximum absolute atomic E-state index is 12.0. The van der Waals surface area contributed by atoms with Crippen LogP contribution in [0.4, 0.5) is 0 Å². The lowest BCUT2D eigenvalue weighted by Crippen LogP contribution is -2.32. The first-order valence-electron chi connectivity index (χ1n) is 6.29. The van der Waals surface area contributed by atoms with Crippen molar-refractivity contribution >= 4 is 16.8 Å². The number of carbonyl (C=O) groups is 1. The molecular weight excluding hydrogens is 228 g/mol. The topological polar surface area (TPSA) is 69.8 Å². The Kier molecular flexibility index (Phi) is 2.98. The van der Waals surface area contributed by atoms with Crippen molar-refractivity contribution in [3.63, 3.8) is 0 Å². The van der Waals surface area contributed by atoms with E-state index < -0.39 is 0 Å². The van der Waals surface area contributed by atoms with Crippen LogP contribution in [0.5, 0.6) is 0 Å². The van der Waals surface area contributed by atoms with Gasteiger partial charge in [-0.1, -0.05) is 18.2 Å². The smallest absolute Gasteiger partial charge is 0.272 e. The highest BCUT2D eigenvalue weighted by Crippen LogP contribution is 2.18. The van der Waals surface area contributed by atoms with Crippen LogP contribution >= 0.6 is 0 Å². The van der Waals surface area contributed by atoms with Gasteiger partial charge in [-0.2, -0.15) is 5.10 Å². The number of aromatic nitrogens is 2. The highest BCUT2D eigenvalue weighted by atomic mass is 16.1. The van der Waals surface area contributed by atoms with E-state index in [0.29, 0.717) is 18.3 Å². The number of aromatic amines is 1. The van der Waals surface area contributed by atoms with Gasteiger partial charge < -0.3 is 10.6 Å². The third-order valence-electron chi connectivity index (χ3n) is 3.11. The minimum absolute atomic E-state index is 0.120. The number of benzene rings is 1. The molecule has 1 heterocycles. The molecule has 0 saturated heterocycles. The fourth-order valence-electron chi connectivity index (χ4n) is 1.96. The van der Waals surface area contributed by atoms with Crippen molar-refractivity contribution in [3.05, 3.63) is 30.0 Å². The summed E-state index contributed by atoms with van der Waals surface area (Å²) in [6, 6.07) is 8.31. The van der Waals surface area contributed by atoms with Crippen LogP contribution in [0.2, 0.25) is 0 Å². The van der Waals surface area contributed by atoms with Gasteiger partial charge in [-0.05, 0) is 18.9 Å². The zero-order valence-corrected chi connectivity index (χ0v) is 10.1. The van der Waals surface area contributed by atoms with Crippen LogP contribution in [0.15, 0.2) is 24.3 Å². The summed E-state index contributed by atoms with van der Waals surface area (Å²) in [5.41, 5.74) is 1.36. The second-order valence-electron chi connectivity index (χ2n) is 4.60. The van der Waals surface area contributed by atoms with E-state index in [4.69, 9.17) is 0 Å². The molecule has 3 N–H and O–H groups in total. The van der Waals surface area contributed by atoms with Crippen molar-refractivity contribution in [2.24, 2.45) is 0 Å². The van der Waals surface area contributed by atoms with Crippen molar-refractivity contribution in [2.75, 3.05) is 13.1 Å². The van der Waals surface area contributed by atoms with E-state index in [1.54, 1.807) is 0 Å². The van der Waals surface area contributed by atoms with Crippen molar-refractivity contribution in [2.45, 2.75) is 18.9 Å². The zero-order chi connectivity index (χ0) is 12.4. The summed E-state index contributed by atoms with van der Waals surface area (Å²) in [7, 11) is 0. The monoisotopic (exact) mass is 244 g/mol.